The van der Waals surface area contributed by atoms with E-state index in [1.54, 1.807) is 0 Å². The molecule has 1 N–H and O–H groups in total. The molecule has 0 radical (unpaired) electrons. The molecule has 2 rings (SSSR count). The third kappa shape index (κ3) is 2.86. The number of hydrogen-bond acceptors (Lipinski definition) is 1. The molecule has 2 aliphatic rings. The molecule has 0 heterocycles. The lowest BCUT2D eigenvalue weighted by atomic mass is 9.79. The zero-order valence-electron chi connectivity index (χ0n) is 10.1. The molecule has 2 saturated carbocycles. The first kappa shape index (κ1) is 13.7. The van der Waals surface area contributed by atoms with Crippen molar-refractivity contribution in [3.8, 4) is 0 Å². The van der Waals surface area contributed by atoms with Gasteiger partial charge in [-0.15, -0.1) is 0 Å². The summed E-state index contributed by atoms with van der Waals surface area (Å²) in [5.41, 5.74) is 0. The fourth-order valence-electron chi connectivity index (χ4n) is 3.73. The van der Waals surface area contributed by atoms with Gasteiger partial charge in [0.15, 0.2) is 0 Å². The molecule has 2 nitrogen and oxygen atoms in total. The molecule has 0 saturated heterocycles. The second kappa shape index (κ2) is 4.88. The quantitative estimate of drug-likeness (QED) is 0.487. The van der Waals surface area contributed by atoms with E-state index in [4.69, 9.17) is 0 Å². The Morgan fingerprint density at radius 2 is 1.60 bits per heavy atom. The summed E-state index contributed by atoms with van der Waals surface area (Å²) < 4.78 is 1.05. The van der Waals surface area contributed by atoms with Crippen molar-refractivity contribution in [3.05, 3.63) is 0 Å². The molecule has 0 aromatic heterocycles. The van der Waals surface area contributed by atoms with Gasteiger partial charge in [-0.25, -0.2) is 0 Å². The van der Waals surface area contributed by atoms with E-state index in [9.17, 15) is 5.11 Å². The average Bonchev–Trinajstić information content (AvgIpc) is 2.60. The Kier molecular flexibility index (Phi) is 4.46. The molecule has 3 heteroatoms. The van der Waals surface area contributed by atoms with Gasteiger partial charge >= 0.3 is 0 Å². The van der Waals surface area contributed by atoms with Gasteiger partial charge in [0, 0.05) is 12.5 Å². The first-order valence-corrected chi connectivity index (χ1v) is 5.92. The highest BCUT2D eigenvalue weighted by Gasteiger charge is 2.48. The summed E-state index contributed by atoms with van der Waals surface area (Å²) in [6, 6.07) is 0. The van der Waals surface area contributed by atoms with Crippen molar-refractivity contribution in [2.45, 2.75) is 19.3 Å². The summed E-state index contributed by atoms with van der Waals surface area (Å²) in [6.07, 6.45) is 4.20. The summed E-state index contributed by atoms with van der Waals surface area (Å²) in [4.78, 5) is 0. The zero-order valence-corrected chi connectivity index (χ0v) is 12.3. The second-order valence-electron chi connectivity index (χ2n) is 6.32. The summed E-state index contributed by atoms with van der Waals surface area (Å²) in [5, 5.41) is 9.45. The van der Waals surface area contributed by atoms with Gasteiger partial charge in [0.1, 0.15) is 0 Å². The predicted molar refractivity (Wildman–Crippen MR) is 57.8 cm³/mol. The van der Waals surface area contributed by atoms with Crippen molar-refractivity contribution in [1.29, 1.82) is 0 Å². The van der Waals surface area contributed by atoms with Crippen LogP contribution in [-0.4, -0.2) is 43.9 Å². The van der Waals surface area contributed by atoms with E-state index in [0.29, 0.717) is 12.5 Å². The minimum absolute atomic E-state index is 0. The average molecular weight is 325 g/mol. The van der Waals surface area contributed by atoms with E-state index >= 15 is 0 Å². The lowest BCUT2D eigenvalue weighted by Gasteiger charge is -2.35. The molecular formula is C12H24INO. The molecule has 90 valence electrons. The van der Waals surface area contributed by atoms with Crippen LogP contribution in [0.5, 0.6) is 0 Å². The van der Waals surface area contributed by atoms with Crippen LogP contribution >= 0.6 is 0 Å². The minimum atomic E-state index is 0. The lowest BCUT2D eigenvalue weighted by Crippen LogP contribution is -3.00. The van der Waals surface area contributed by atoms with Crippen molar-refractivity contribution in [1.82, 2.24) is 0 Å². The SMILES string of the molecule is C[N+](C)(C)CC1C2CCC(C2)C1CO.[I-]. The maximum Gasteiger partial charge on any atom is 0.0815 e. The van der Waals surface area contributed by atoms with Gasteiger partial charge < -0.3 is 33.6 Å². The first-order valence-electron chi connectivity index (χ1n) is 5.92. The third-order valence-electron chi connectivity index (χ3n) is 4.24. The van der Waals surface area contributed by atoms with Crippen LogP contribution in [0.3, 0.4) is 0 Å². The molecule has 0 aromatic rings. The third-order valence-corrected chi connectivity index (χ3v) is 4.24. The van der Waals surface area contributed by atoms with Gasteiger partial charge in [-0.3, -0.25) is 0 Å². The van der Waals surface area contributed by atoms with Crippen molar-refractivity contribution in [2.24, 2.45) is 23.7 Å². The van der Waals surface area contributed by atoms with E-state index in [1.165, 1.54) is 25.8 Å². The van der Waals surface area contributed by atoms with Crippen LogP contribution < -0.4 is 24.0 Å². The monoisotopic (exact) mass is 325 g/mol. The highest BCUT2D eigenvalue weighted by molar-refractivity contribution is 4.95. The molecule has 0 amide bonds. The van der Waals surface area contributed by atoms with Gasteiger partial charge in [-0.1, -0.05) is 0 Å². The van der Waals surface area contributed by atoms with Gasteiger partial charge in [0.05, 0.1) is 27.7 Å². The Labute approximate surface area is 111 Å². The van der Waals surface area contributed by atoms with Gasteiger partial charge in [0.2, 0.25) is 0 Å². The number of fused-ring (bicyclic) bond motifs is 2. The van der Waals surface area contributed by atoms with Crippen LogP contribution in [0.25, 0.3) is 0 Å². The van der Waals surface area contributed by atoms with E-state index in [2.05, 4.69) is 21.1 Å². The first-order chi connectivity index (χ1) is 6.51. The number of rotatable bonds is 3. The normalized spacial score (nSPS) is 39.2. The van der Waals surface area contributed by atoms with Gasteiger partial charge in [-0.05, 0) is 37.0 Å². The molecule has 2 fully saturated rings. The zero-order chi connectivity index (χ0) is 10.3. The summed E-state index contributed by atoms with van der Waals surface area (Å²) in [7, 11) is 6.79. The lowest BCUT2D eigenvalue weighted by molar-refractivity contribution is -0.874. The maximum atomic E-state index is 9.45. The number of halogens is 1. The molecule has 4 atom stereocenters. The highest BCUT2D eigenvalue weighted by Crippen LogP contribution is 2.52. The Hall–Kier alpha value is 0.650. The molecule has 0 aliphatic heterocycles. The number of quaternary nitrogens is 1. The predicted octanol–water partition coefficient (Wildman–Crippen LogP) is -1.65. The maximum absolute atomic E-state index is 9.45. The topological polar surface area (TPSA) is 20.2 Å². The Bertz CT molecular complexity index is 214. The summed E-state index contributed by atoms with van der Waals surface area (Å²) in [5.74, 6) is 3.18. The number of hydrogen-bond donors (Lipinski definition) is 1. The van der Waals surface area contributed by atoms with E-state index < -0.39 is 0 Å². The van der Waals surface area contributed by atoms with Crippen LogP contribution in [0.4, 0.5) is 0 Å². The van der Waals surface area contributed by atoms with Crippen molar-refractivity contribution in [2.75, 3.05) is 34.3 Å². The minimum Gasteiger partial charge on any atom is -1.00 e. The molecule has 4 unspecified atom stereocenters. The summed E-state index contributed by atoms with van der Waals surface area (Å²) in [6.45, 7) is 1.66. The van der Waals surface area contributed by atoms with E-state index in [1.807, 2.05) is 0 Å². The standard InChI is InChI=1S/C12H24NO.HI/c1-13(2,3)7-11-9-4-5-10(6-9)12(11)8-14;/h9-12,14H,4-8H2,1-3H3;1H/q+1;/p-1. The summed E-state index contributed by atoms with van der Waals surface area (Å²) >= 11 is 0. The molecular weight excluding hydrogens is 301 g/mol. The van der Waals surface area contributed by atoms with Crippen molar-refractivity contribution >= 4 is 0 Å². The highest BCUT2D eigenvalue weighted by atomic mass is 127. The van der Waals surface area contributed by atoms with Crippen LogP contribution in [0, 0.1) is 23.7 Å². The van der Waals surface area contributed by atoms with Crippen LogP contribution in [-0.2, 0) is 0 Å². The van der Waals surface area contributed by atoms with Gasteiger partial charge in [0.25, 0.3) is 0 Å². The van der Waals surface area contributed by atoms with Crippen LogP contribution in [0.1, 0.15) is 19.3 Å². The van der Waals surface area contributed by atoms with Crippen LogP contribution in [0.15, 0.2) is 0 Å². The van der Waals surface area contributed by atoms with Gasteiger partial charge in [-0.2, -0.15) is 0 Å². The van der Waals surface area contributed by atoms with E-state index in [0.717, 1.165) is 22.2 Å². The fourth-order valence-corrected chi connectivity index (χ4v) is 3.73. The molecule has 2 aliphatic carbocycles. The van der Waals surface area contributed by atoms with Crippen molar-refractivity contribution in [3.63, 3.8) is 0 Å². The molecule has 0 spiro atoms. The number of nitrogens with zero attached hydrogens (tertiary/aromatic N) is 1. The second-order valence-corrected chi connectivity index (χ2v) is 6.32. The molecule has 2 bridgehead atoms. The smallest absolute Gasteiger partial charge is 0.0815 e. The molecule has 0 aromatic carbocycles. The largest absolute Gasteiger partial charge is 1.00 e. The van der Waals surface area contributed by atoms with Crippen molar-refractivity contribution < 1.29 is 33.6 Å². The Morgan fingerprint density at radius 1 is 1.07 bits per heavy atom. The number of aliphatic hydroxyl groups excluding tert-OH is 1. The number of aliphatic hydroxyl groups is 1. The Morgan fingerprint density at radius 3 is 2.07 bits per heavy atom. The Balaban J connectivity index is 0.00000112. The fraction of sp³-hybridized carbons (Fsp3) is 1.00. The van der Waals surface area contributed by atoms with Crippen LogP contribution in [0.2, 0.25) is 0 Å². The van der Waals surface area contributed by atoms with E-state index in [-0.39, 0.29) is 24.0 Å². The molecule has 15 heavy (non-hydrogen) atoms.